The van der Waals surface area contributed by atoms with E-state index in [1.54, 1.807) is 0 Å². The Balaban J connectivity index is 2.32. The zero-order valence-electron chi connectivity index (χ0n) is 9.93. The molecular weight excluding hydrogens is 244 g/mol. The molecule has 0 radical (unpaired) electrons. The summed E-state index contributed by atoms with van der Waals surface area (Å²) in [6.07, 6.45) is 2.42. The minimum Gasteiger partial charge on any atom is -0.313 e. The molecule has 0 aliphatic heterocycles. The highest BCUT2D eigenvalue weighted by Crippen LogP contribution is 2.43. The molecule has 1 aliphatic rings. The summed E-state index contributed by atoms with van der Waals surface area (Å²) in [6.45, 7) is 2.12. The van der Waals surface area contributed by atoms with Crippen molar-refractivity contribution in [2.75, 3.05) is 7.05 Å². The molecule has 1 aromatic carbocycles. The summed E-state index contributed by atoms with van der Waals surface area (Å²) in [5, 5.41) is 3.44. The monoisotopic (exact) mass is 259 g/mol. The van der Waals surface area contributed by atoms with E-state index >= 15 is 0 Å². The van der Waals surface area contributed by atoms with E-state index in [4.69, 9.17) is 11.6 Å². The highest BCUT2D eigenvalue weighted by atomic mass is 35.5. The zero-order chi connectivity index (χ0) is 12.6. The quantitative estimate of drug-likeness (QED) is 0.808. The second-order valence-electron chi connectivity index (χ2n) is 4.75. The third-order valence-electron chi connectivity index (χ3n) is 3.58. The molecule has 1 nitrogen and oxygen atoms in total. The predicted molar refractivity (Wildman–Crippen MR) is 65.1 cm³/mol. The van der Waals surface area contributed by atoms with Crippen LogP contribution in [0, 0.1) is 23.5 Å². The summed E-state index contributed by atoms with van der Waals surface area (Å²) in [4.78, 5) is 0. The molecule has 0 saturated heterocycles. The summed E-state index contributed by atoms with van der Waals surface area (Å²) >= 11 is 6.00. The van der Waals surface area contributed by atoms with Crippen LogP contribution in [-0.4, -0.2) is 7.05 Å². The normalized spacial score (nSPS) is 19.1. The van der Waals surface area contributed by atoms with Crippen molar-refractivity contribution >= 4 is 11.6 Å². The van der Waals surface area contributed by atoms with E-state index < -0.39 is 11.6 Å². The van der Waals surface area contributed by atoms with Crippen LogP contribution in [0.5, 0.6) is 0 Å². The molecule has 2 rings (SSSR count). The Bertz CT molecular complexity index is 418. The maximum atomic E-state index is 13.3. The largest absolute Gasteiger partial charge is 0.313 e. The maximum Gasteiger partial charge on any atom is 0.160 e. The molecule has 17 heavy (non-hydrogen) atoms. The van der Waals surface area contributed by atoms with Crippen molar-refractivity contribution in [1.29, 1.82) is 0 Å². The first-order valence-corrected chi connectivity index (χ1v) is 6.24. The van der Waals surface area contributed by atoms with Gasteiger partial charge in [-0.3, -0.25) is 0 Å². The van der Waals surface area contributed by atoms with Gasteiger partial charge in [0.1, 0.15) is 0 Å². The number of hydrogen-bond acceptors (Lipinski definition) is 1. The van der Waals surface area contributed by atoms with Crippen LogP contribution in [-0.2, 0) is 0 Å². The van der Waals surface area contributed by atoms with Gasteiger partial charge in [-0.1, -0.05) is 18.5 Å². The van der Waals surface area contributed by atoms with Crippen molar-refractivity contribution in [3.8, 4) is 0 Å². The molecule has 0 spiro atoms. The molecule has 0 bridgehead atoms. The molecular formula is C13H16ClF2N. The Morgan fingerprint density at radius 2 is 1.88 bits per heavy atom. The van der Waals surface area contributed by atoms with E-state index in [-0.39, 0.29) is 11.1 Å². The predicted octanol–water partition coefficient (Wildman–Crippen LogP) is 3.92. The lowest BCUT2D eigenvalue weighted by Crippen LogP contribution is -2.25. The SMILES string of the molecule is CNC(c1cc(F)c(F)cc1Cl)C(C)C1CC1. The van der Waals surface area contributed by atoms with Crippen LogP contribution >= 0.6 is 11.6 Å². The smallest absolute Gasteiger partial charge is 0.160 e. The molecule has 4 heteroatoms. The molecule has 2 unspecified atom stereocenters. The Labute approximate surface area is 105 Å². The molecule has 0 aromatic heterocycles. The average Bonchev–Trinajstić information content (AvgIpc) is 3.09. The van der Waals surface area contributed by atoms with Gasteiger partial charge in [-0.05, 0) is 49.4 Å². The topological polar surface area (TPSA) is 12.0 Å². The van der Waals surface area contributed by atoms with Gasteiger partial charge in [-0.15, -0.1) is 0 Å². The molecule has 1 aromatic rings. The standard InChI is InChI=1S/C13H16ClF2N/c1-7(8-3-4-8)13(17-2)9-5-11(15)12(16)6-10(9)14/h5-8,13,17H,3-4H2,1-2H3. The number of hydrogen-bond donors (Lipinski definition) is 1. The molecule has 0 heterocycles. The molecule has 1 N–H and O–H groups in total. The summed E-state index contributed by atoms with van der Waals surface area (Å²) in [5.41, 5.74) is 0.646. The highest BCUT2D eigenvalue weighted by Gasteiger charge is 2.34. The first-order chi connectivity index (χ1) is 8.04. The van der Waals surface area contributed by atoms with Crippen molar-refractivity contribution in [2.45, 2.75) is 25.8 Å². The van der Waals surface area contributed by atoms with Gasteiger partial charge in [0, 0.05) is 11.1 Å². The third kappa shape index (κ3) is 2.61. The lowest BCUT2D eigenvalue weighted by atomic mass is 9.90. The fourth-order valence-corrected chi connectivity index (χ4v) is 2.64. The summed E-state index contributed by atoms with van der Waals surface area (Å²) < 4.78 is 26.3. The van der Waals surface area contributed by atoms with Crippen molar-refractivity contribution in [3.63, 3.8) is 0 Å². The van der Waals surface area contributed by atoms with Crippen molar-refractivity contribution in [3.05, 3.63) is 34.4 Å². The Morgan fingerprint density at radius 3 is 2.41 bits per heavy atom. The molecule has 1 saturated carbocycles. The van der Waals surface area contributed by atoms with Crippen LogP contribution in [0.3, 0.4) is 0 Å². The number of nitrogens with one attached hydrogen (secondary N) is 1. The Kier molecular flexibility index (Phi) is 3.69. The van der Waals surface area contributed by atoms with E-state index in [1.165, 1.54) is 18.9 Å². The van der Waals surface area contributed by atoms with Gasteiger partial charge >= 0.3 is 0 Å². The number of halogens is 3. The van der Waals surface area contributed by atoms with Crippen LogP contribution in [0.15, 0.2) is 12.1 Å². The summed E-state index contributed by atoms with van der Waals surface area (Å²) in [6, 6.07) is 2.23. The first kappa shape index (κ1) is 12.8. The van der Waals surface area contributed by atoms with Gasteiger partial charge in [0.25, 0.3) is 0 Å². The second-order valence-corrected chi connectivity index (χ2v) is 5.16. The number of rotatable bonds is 4. The van der Waals surface area contributed by atoms with Crippen molar-refractivity contribution in [1.82, 2.24) is 5.32 Å². The van der Waals surface area contributed by atoms with Crippen LogP contribution < -0.4 is 5.32 Å². The van der Waals surface area contributed by atoms with E-state index in [0.717, 1.165) is 6.07 Å². The highest BCUT2D eigenvalue weighted by molar-refractivity contribution is 6.31. The third-order valence-corrected chi connectivity index (χ3v) is 3.90. The zero-order valence-corrected chi connectivity index (χ0v) is 10.7. The lowest BCUT2D eigenvalue weighted by Gasteiger charge is -2.25. The van der Waals surface area contributed by atoms with Gasteiger partial charge < -0.3 is 5.32 Å². The first-order valence-electron chi connectivity index (χ1n) is 5.86. The van der Waals surface area contributed by atoms with E-state index in [9.17, 15) is 8.78 Å². The summed E-state index contributed by atoms with van der Waals surface area (Å²) in [5.74, 6) is -0.695. The van der Waals surface area contributed by atoms with Gasteiger partial charge in [0.2, 0.25) is 0 Å². The molecule has 94 valence electrons. The van der Waals surface area contributed by atoms with Crippen LogP contribution in [0.4, 0.5) is 8.78 Å². The molecule has 2 atom stereocenters. The van der Waals surface area contributed by atoms with Crippen LogP contribution in [0.1, 0.15) is 31.4 Å². The minimum absolute atomic E-state index is 0.0231. The van der Waals surface area contributed by atoms with Crippen molar-refractivity contribution < 1.29 is 8.78 Å². The van der Waals surface area contributed by atoms with E-state index in [0.29, 0.717) is 17.4 Å². The fraction of sp³-hybridized carbons (Fsp3) is 0.538. The number of benzene rings is 1. The lowest BCUT2D eigenvalue weighted by molar-refractivity contribution is 0.367. The molecule has 0 amide bonds. The van der Waals surface area contributed by atoms with Gasteiger partial charge in [-0.25, -0.2) is 8.78 Å². The Morgan fingerprint density at radius 1 is 1.29 bits per heavy atom. The van der Waals surface area contributed by atoms with Crippen LogP contribution in [0.25, 0.3) is 0 Å². The van der Waals surface area contributed by atoms with Gasteiger partial charge in [0.05, 0.1) is 0 Å². The van der Waals surface area contributed by atoms with Gasteiger partial charge in [-0.2, -0.15) is 0 Å². The van der Waals surface area contributed by atoms with Crippen LogP contribution in [0.2, 0.25) is 5.02 Å². The fourth-order valence-electron chi connectivity index (χ4n) is 2.37. The van der Waals surface area contributed by atoms with E-state index in [1.807, 2.05) is 7.05 Å². The second kappa shape index (κ2) is 4.91. The molecule has 1 fully saturated rings. The minimum atomic E-state index is -0.896. The Hall–Kier alpha value is -0.670. The maximum absolute atomic E-state index is 13.3. The van der Waals surface area contributed by atoms with Gasteiger partial charge in [0.15, 0.2) is 11.6 Å². The summed E-state index contributed by atoms with van der Waals surface area (Å²) in [7, 11) is 1.82. The van der Waals surface area contributed by atoms with E-state index in [2.05, 4.69) is 12.2 Å². The average molecular weight is 260 g/mol. The molecule has 1 aliphatic carbocycles. The van der Waals surface area contributed by atoms with Crippen molar-refractivity contribution in [2.24, 2.45) is 11.8 Å².